The third-order valence-corrected chi connectivity index (χ3v) is 1.82. The van der Waals surface area contributed by atoms with Crippen LogP contribution in [0.25, 0.3) is 0 Å². The molecule has 0 spiro atoms. The summed E-state index contributed by atoms with van der Waals surface area (Å²) < 4.78 is 5.80. The van der Waals surface area contributed by atoms with Gasteiger partial charge in [-0.25, -0.2) is 0 Å². The Morgan fingerprint density at radius 1 is 1.38 bits per heavy atom. The van der Waals surface area contributed by atoms with Gasteiger partial charge in [0.25, 0.3) is 0 Å². The second-order valence-electron chi connectivity index (χ2n) is 2.34. The molecular weight excluding hydrogens is 227 g/mol. The summed E-state index contributed by atoms with van der Waals surface area (Å²) in [5.41, 5.74) is 0.995. The minimum atomic E-state index is 0.645. The van der Waals surface area contributed by atoms with Gasteiger partial charge in [0.05, 0.1) is 0 Å². The van der Waals surface area contributed by atoms with E-state index in [1.54, 1.807) is 0 Å². The first-order chi connectivity index (χ1) is 6.33. The first-order valence-corrected chi connectivity index (χ1v) is 4.92. The Hall–Kier alpha value is -1.03. The Labute approximate surface area is 86.5 Å². The number of hydrogen-bond donors (Lipinski definition) is 0. The van der Waals surface area contributed by atoms with E-state index in [1.807, 2.05) is 37.3 Å². The Morgan fingerprint density at radius 2 is 2.08 bits per heavy atom. The number of hydrogen-bond acceptors (Lipinski definition) is 1. The fourth-order valence-corrected chi connectivity index (χ4v) is 1.17. The zero-order valence-corrected chi connectivity index (χ0v) is 9.12. The maximum absolute atomic E-state index is 5.15. The van der Waals surface area contributed by atoms with Gasteiger partial charge in [-0.2, -0.15) is 0 Å². The second-order valence-corrected chi connectivity index (χ2v) is 3.11. The van der Waals surface area contributed by atoms with Gasteiger partial charge in [0.15, 0.2) is 0 Å². The van der Waals surface area contributed by atoms with E-state index in [-0.39, 0.29) is 0 Å². The molecular formula is C11H10OSe. The molecule has 0 N–H and O–H groups in total. The first kappa shape index (κ1) is 10.1. The predicted molar refractivity (Wildman–Crippen MR) is 55.7 cm³/mol. The molecule has 1 aromatic rings. The third-order valence-electron chi connectivity index (χ3n) is 1.36. The van der Waals surface area contributed by atoms with Gasteiger partial charge in [0.2, 0.25) is 0 Å². The summed E-state index contributed by atoms with van der Waals surface area (Å²) in [4.78, 5) is 0. The Morgan fingerprint density at radius 3 is 2.69 bits per heavy atom. The van der Waals surface area contributed by atoms with Gasteiger partial charge in [-0.1, -0.05) is 0 Å². The van der Waals surface area contributed by atoms with Crippen molar-refractivity contribution in [3.05, 3.63) is 35.9 Å². The molecule has 0 aliphatic rings. The minimum absolute atomic E-state index is 0.645. The summed E-state index contributed by atoms with van der Waals surface area (Å²) >= 11 is 2.77. The average Bonchev–Trinajstić information content (AvgIpc) is 2.17. The summed E-state index contributed by atoms with van der Waals surface area (Å²) in [6.45, 7) is 2.58. The first-order valence-electron chi connectivity index (χ1n) is 4.06. The van der Waals surface area contributed by atoms with Crippen molar-refractivity contribution in [2.75, 3.05) is 6.61 Å². The number of benzene rings is 1. The zero-order chi connectivity index (χ0) is 9.52. The van der Waals surface area contributed by atoms with Crippen LogP contribution in [-0.2, 0) is 4.74 Å². The van der Waals surface area contributed by atoms with Crippen LogP contribution >= 0.6 is 0 Å². The molecule has 0 aliphatic carbocycles. The number of ether oxygens (including phenoxy) is 1. The Balaban J connectivity index is 2.62. The van der Waals surface area contributed by atoms with Gasteiger partial charge in [0, 0.05) is 0 Å². The van der Waals surface area contributed by atoms with Crippen molar-refractivity contribution in [3.8, 4) is 11.8 Å². The van der Waals surface area contributed by atoms with Crippen molar-refractivity contribution in [1.29, 1.82) is 0 Å². The average molecular weight is 237 g/mol. The molecule has 0 amide bonds. The van der Waals surface area contributed by atoms with Crippen molar-refractivity contribution < 1.29 is 4.74 Å². The van der Waals surface area contributed by atoms with Crippen molar-refractivity contribution in [1.82, 2.24) is 0 Å². The fourth-order valence-electron chi connectivity index (χ4n) is 0.812. The summed E-state index contributed by atoms with van der Waals surface area (Å²) in [6.07, 6.45) is 0. The van der Waals surface area contributed by atoms with E-state index in [0.717, 1.165) is 5.56 Å². The van der Waals surface area contributed by atoms with Gasteiger partial charge in [-0.15, -0.1) is 0 Å². The molecule has 13 heavy (non-hydrogen) atoms. The standard InChI is InChI=1S/C11H10OSe/c1-2-12-11(13)9-8-10-6-4-3-5-7-10/h3-7H,2H2,1H3. The molecule has 0 saturated heterocycles. The SMILES string of the molecule is CCOC(=[Se])C#Cc1ccccc1. The molecule has 0 atom stereocenters. The molecule has 1 rings (SSSR count). The number of rotatable bonds is 2. The maximum atomic E-state index is 5.15. The van der Waals surface area contributed by atoms with Gasteiger partial charge in [-0.05, 0) is 0 Å². The normalized spacial score (nSPS) is 8.38. The van der Waals surface area contributed by atoms with Crippen LogP contribution in [0.1, 0.15) is 12.5 Å². The van der Waals surface area contributed by atoms with E-state index in [1.165, 1.54) is 0 Å². The summed E-state index contributed by atoms with van der Waals surface area (Å²) in [5, 5.41) is 0. The molecule has 2 heteroatoms. The van der Waals surface area contributed by atoms with Crippen LogP contribution in [0.4, 0.5) is 0 Å². The molecule has 1 aromatic carbocycles. The van der Waals surface area contributed by atoms with E-state index in [9.17, 15) is 0 Å². The summed E-state index contributed by atoms with van der Waals surface area (Å²) in [7, 11) is 0. The monoisotopic (exact) mass is 238 g/mol. The quantitative estimate of drug-likeness (QED) is 0.557. The second kappa shape index (κ2) is 5.59. The Bertz CT molecular complexity index is 332. The van der Waals surface area contributed by atoms with E-state index in [4.69, 9.17) is 4.74 Å². The van der Waals surface area contributed by atoms with Crippen molar-refractivity contribution in [3.63, 3.8) is 0 Å². The van der Waals surface area contributed by atoms with E-state index in [2.05, 4.69) is 27.4 Å². The van der Waals surface area contributed by atoms with Crippen LogP contribution in [-0.4, -0.2) is 26.8 Å². The van der Waals surface area contributed by atoms with E-state index < -0.39 is 0 Å². The van der Waals surface area contributed by atoms with Gasteiger partial charge < -0.3 is 0 Å². The third kappa shape index (κ3) is 3.94. The van der Waals surface area contributed by atoms with E-state index in [0.29, 0.717) is 11.2 Å². The van der Waals surface area contributed by atoms with Crippen LogP contribution in [0, 0.1) is 11.8 Å². The molecule has 0 radical (unpaired) electrons. The van der Waals surface area contributed by atoms with Gasteiger partial charge in [-0.3, -0.25) is 0 Å². The molecule has 0 fully saturated rings. The predicted octanol–water partition coefficient (Wildman–Crippen LogP) is 1.37. The molecule has 0 bridgehead atoms. The van der Waals surface area contributed by atoms with Crippen molar-refractivity contribution in [2.24, 2.45) is 0 Å². The van der Waals surface area contributed by atoms with Crippen LogP contribution < -0.4 is 0 Å². The Kier molecular flexibility index (Phi) is 4.32. The molecule has 0 aromatic heterocycles. The summed E-state index contributed by atoms with van der Waals surface area (Å²) in [5.74, 6) is 5.87. The van der Waals surface area contributed by atoms with E-state index >= 15 is 0 Å². The molecule has 0 heterocycles. The molecule has 1 nitrogen and oxygen atoms in total. The summed E-state index contributed by atoms with van der Waals surface area (Å²) in [6, 6.07) is 9.82. The van der Waals surface area contributed by atoms with Crippen molar-refractivity contribution >= 4 is 20.2 Å². The topological polar surface area (TPSA) is 9.23 Å². The molecule has 0 unspecified atom stereocenters. The van der Waals surface area contributed by atoms with Crippen LogP contribution in [0.2, 0.25) is 0 Å². The fraction of sp³-hybridized carbons (Fsp3) is 0.182. The molecule has 0 saturated carbocycles. The molecule has 0 aliphatic heterocycles. The molecule has 66 valence electrons. The van der Waals surface area contributed by atoms with Crippen molar-refractivity contribution in [2.45, 2.75) is 6.92 Å². The van der Waals surface area contributed by atoms with Crippen LogP contribution in [0.15, 0.2) is 30.3 Å². The van der Waals surface area contributed by atoms with Gasteiger partial charge in [0.1, 0.15) is 0 Å². The van der Waals surface area contributed by atoms with Gasteiger partial charge >= 0.3 is 86.2 Å². The zero-order valence-electron chi connectivity index (χ0n) is 7.41. The van der Waals surface area contributed by atoms with Crippen LogP contribution in [0.5, 0.6) is 0 Å². The van der Waals surface area contributed by atoms with Crippen LogP contribution in [0.3, 0.4) is 0 Å².